The zero-order valence-electron chi connectivity index (χ0n) is 12.7. The predicted molar refractivity (Wildman–Crippen MR) is 83.4 cm³/mol. The number of nitrogens with one attached hydrogen (secondary N) is 1. The van der Waals surface area contributed by atoms with Crippen molar-refractivity contribution in [3.63, 3.8) is 0 Å². The Morgan fingerprint density at radius 3 is 2.90 bits per heavy atom. The van der Waals surface area contributed by atoms with Crippen LogP contribution in [0.15, 0.2) is 36.5 Å². The predicted octanol–water partition coefficient (Wildman–Crippen LogP) is 3.05. The molecule has 1 atom stereocenters. The van der Waals surface area contributed by atoms with Gasteiger partial charge in [0.25, 0.3) is 0 Å². The van der Waals surface area contributed by atoms with Crippen LogP contribution >= 0.6 is 0 Å². The summed E-state index contributed by atoms with van der Waals surface area (Å²) in [4.78, 5) is 0. The molecule has 1 saturated carbocycles. The Kier molecular flexibility index (Phi) is 4.25. The van der Waals surface area contributed by atoms with Crippen molar-refractivity contribution in [2.75, 3.05) is 6.54 Å². The van der Waals surface area contributed by atoms with Crippen LogP contribution in [-0.4, -0.2) is 22.4 Å². The molecule has 0 radical (unpaired) electrons. The third-order valence-corrected chi connectivity index (χ3v) is 3.77. The Hall–Kier alpha value is -1.81. The average molecular weight is 285 g/mol. The molecule has 1 heterocycles. The number of aromatic nitrogens is 2. The minimum atomic E-state index is 0.153. The van der Waals surface area contributed by atoms with Gasteiger partial charge in [-0.15, -0.1) is 0 Å². The summed E-state index contributed by atoms with van der Waals surface area (Å²) in [5.41, 5.74) is 2.40. The third-order valence-electron chi connectivity index (χ3n) is 3.77. The van der Waals surface area contributed by atoms with Crippen LogP contribution in [0.2, 0.25) is 0 Å². The summed E-state index contributed by atoms with van der Waals surface area (Å²) in [6.45, 7) is 3.16. The van der Waals surface area contributed by atoms with Crippen molar-refractivity contribution < 1.29 is 4.74 Å². The van der Waals surface area contributed by atoms with Crippen molar-refractivity contribution in [2.45, 2.75) is 38.3 Å². The minimum absolute atomic E-state index is 0.153. The van der Waals surface area contributed by atoms with E-state index in [4.69, 9.17) is 4.74 Å². The van der Waals surface area contributed by atoms with Crippen molar-refractivity contribution in [2.24, 2.45) is 7.05 Å². The number of hydrogen-bond donors (Lipinski definition) is 1. The normalized spacial score (nSPS) is 15.9. The Balaban J connectivity index is 1.86. The van der Waals surface area contributed by atoms with Gasteiger partial charge in [0.1, 0.15) is 5.75 Å². The maximum Gasteiger partial charge on any atom is 0.120 e. The maximum absolute atomic E-state index is 5.92. The molecule has 1 fully saturated rings. The summed E-state index contributed by atoms with van der Waals surface area (Å²) in [7, 11) is 1.99. The summed E-state index contributed by atoms with van der Waals surface area (Å²) in [6.07, 6.45) is 5.75. The van der Waals surface area contributed by atoms with Gasteiger partial charge in [0.15, 0.2) is 0 Å². The standard InChI is InChI=1S/C17H23N3O/c1-3-10-18-17(16-9-11-19-20(16)2)13-5-4-6-15(12-13)21-14-7-8-14/h4-6,9,11-12,14,17-18H,3,7-8,10H2,1-2H3. The van der Waals surface area contributed by atoms with Crippen molar-refractivity contribution in [3.05, 3.63) is 47.8 Å². The Bertz CT molecular complexity index is 589. The molecule has 112 valence electrons. The number of rotatable bonds is 7. The largest absolute Gasteiger partial charge is 0.490 e. The molecule has 1 aromatic carbocycles. The van der Waals surface area contributed by atoms with Crippen LogP contribution in [0.25, 0.3) is 0 Å². The van der Waals surface area contributed by atoms with Crippen LogP contribution in [-0.2, 0) is 7.05 Å². The Morgan fingerprint density at radius 2 is 2.24 bits per heavy atom. The summed E-state index contributed by atoms with van der Waals surface area (Å²) in [6, 6.07) is 10.6. The first-order valence-electron chi connectivity index (χ1n) is 7.76. The van der Waals surface area contributed by atoms with E-state index in [1.54, 1.807) is 0 Å². The molecule has 2 aromatic rings. The number of hydrogen-bond acceptors (Lipinski definition) is 3. The van der Waals surface area contributed by atoms with Crippen molar-refractivity contribution >= 4 is 0 Å². The molecular weight excluding hydrogens is 262 g/mol. The van der Waals surface area contributed by atoms with Crippen LogP contribution in [0.5, 0.6) is 5.75 Å². The lowest BCUT2D eigenvalue weighted by atomic mass is 10.0. The molecule has 0 amide bonds. The summed E-state index contributed by atoms with van der Waals surface area (Å²) < 4.78 is 7.85. The molecule has 3 rings (SSSR count). The van der Waals surface area contributed by atoms with E-state index in [1.165, 1.54) is 24.1 Å². The first-order valence-corrected chi connectivity index (χ1v) is 7.76. The van der Waals surface area contributed by atoms with Gasteiger partial charge in [-0.25, -0.2) is 0 Å². The molecule has 0 saturated heterocycles. The third kappa shape index (κ3) is 3.45. The summed E-state index contributed by atoms with van der Waals surface area (Å²) in [5, 5.41) is 7.91. The summed E-state index contributed by atoms with van der Waals surface area (Å²) in [5.74, 6) is 0.973. The zero-order chi connectivity index (χ0) is 14.7. The maximum atomic E-state index is 5.92. The van der Waals surface area contributed by atoms with Crippen LogP contribution < -0.4 is 10.1 Å². The molecule has 4 heteroatoms. The highest BCUT2D eigenvalue weighted by Gasteiger charge is 2.24. The van der Waals surface area contributed by atoms with Gasteiger partial charge < -0.3 is 10.1 Å². The zero-order valence-corrected chi connectivity index (χ0v) is 12.7. The minimum Gasteiger partial charge on any atom is -0.490 e. The van der Waals surface area contributed by atoms with E-state index in [1.807, 2.05) is 24.0 Å². The first-order chi connectivity index (χ1) is 10.3. The molecule has 0 bridgehead atoms. The fraction of sp³-hybridized carbons (Fsp3) is 0.471. The van der Waals surface area contributed by atoms with E-state index >= 15 is 0 Å². The van der Waals surface area contributed by atoms with Crippen LogP contribution in [0.4, 0.5) is 0 Å². The van der Waals surface area contributed by atoms with Crippen molar-refractivity contribution in [1.29, 1.82) is 0 Å². The first kappa shape index (κ1) is 14.1. The number of nitrogens with zero attached hydrogens (tertiary/aromatic N) is 2. The molecule has 1 N–H and O–H groups in total. The smallest absolute Gasteiger partial charge is 0.120 e. The van der Waals surface area contributed by atoms with Gasteiger partial charge in [0.2, 0.25) is 0 Å². The lowest BCUT2D eigenvalue weighted by Gasteiger charge is -2.20. The van der Waals surface area contributed by atoms with Crippen molar-refractivity contribution in [3.8, 4) is 5.75 Å². The van der Waals surface area contributed by atoms with Crippen LogP contribution in [0.3, 0.4) is 0 Å². The van der Waals surface area contributed by atoms with E-state index in [0.29, 0.717) is 6.10 Å². The summed E-state index contributed by atoms with van der Waals surface area (Å²) >= 11 is 0. The molecule has 0 aliphatic heterocycles. The molecule has 0 spiro atoms. The van der Waals surface area contributed by atoms with E-state index in [2.05, 4.69) is 41.6 Å². The molecule has 4 nitrogen and oxygen atoms in total. The van der Waals surface area contributed by atoms with Gasteiger partial charge in [-0.3, -0.25) is 4.68 Å². The van der Waals surface area contributed by atoms with E-state index in [0.717, 1.165) is 18.7 Å². The molecule has 1 aromatic heterocycles. The molecular formula is C17H23N3O. The fourth-order valence-electron chi connectivity index (χ4n) is 2.49. The second-order valence-corrected chi connectivity index (χ2v) is 5.66. The average Bonchev–Trinajstić information content (AvgIpc) is 3.20. The lowest BCUT2D eigenvalue weighted by Crippen LogP contribution is -2.25. The second kappa shape index (κ2) is 6.31. The number of aryl methyl sites for hydroxylation is 1. The Labute approximate surface area is 126 Å². The highest BCUT2D eigenvalue weighted by Crippen LogP contribution is 2.29. The highest BCUT2D eigenvalue weighted by molar-refractivity contribution is 5.35. The molecule has 1 aliphatic rings. The van der Waals surface area contributed by atoms with E-state index in [-0.39, 0.29) is 6.04 Å². The molecule has 21 heavy (non-hydrogen) atoms. The lowest BCUT2D eigenvalue weighted by molar-refractivity contribution is 0.302. The van der Waals surface area contributed by atoms with E-state index in [9.17, 15) is 0 Å². The van der Waals surface area contributed by atoms with Gasteiger partial charge >= 0.3 is 0 Å². The second-order valence-electron chi connectivity index (χ2n) is 5.66. The monoisotopic (exact) mass is 285 g/mol. The topological polar surface area (TPSA) is 39.1 Å². The number of benzene rings is 1. The number of ether oxygens (including phenoxy) is 1. The molecule has 1 aliphatic carbocycles. The fourth-order valence-corrected chi connectivity index (χ4v) is 2.49. The van der Waals surface area contributed by atoms with Gasteiger partial charge in [0, 0.05) is 13.2 Å². The van der Waals surface area contributed by atoms with Crippen LogP contribution in [0.1, 0.15) is 43.5 Å². The molecule has 1 unspecified atom stereocenters. The van der Waals surface area contributed by atoms with E-state index < -0.39 is 0 Å². The van der Waals surface area contributed by atoms with Gasteiger partial charge in [0.05, 0.1) is 17.8 Å². The van der Waals surface area contributed by atoms with Crippen molar-refractivity contribution in [1.82, 2.24) is 15.1 Å². The van der Waals surface area contributed by atoms with Crippen LogP contribution in [0, 0.1) is 0 Å². The van der Waals surface area contributed by atoms with Gasteiger partial charge in [-0.1, -0.05) is 19.1 Å². The van der Waals surface area contributed by atoms with Gasteiger partial charge in [-0.2, -0.15) is 5.10 Å². The SMILES string of the molecule is CCCNC(c1cccc(OC2CC2)c1)c1ccnn1C. The quantitative estimate of drug-likeness (QED) is 0.850. The Morgan fingerprint density at radius 1 is 1.38 bits per heavy atom. The highest BCUT2D eigenvalue weighted by atomic mass is 16.5. The van der Waals surface area contributed by atoms with Gasteiger partial charge in [-0.05, 0) is 49.6 Å².